The lowest BCUT2D eigenvalue weighted by atomic mass is 9.74. The third kappa shape index (κ3) is 2.20. The lowest BCUT2D eigenvalue weighted by molar-refractivity contribution is -0.116. The van der Waals surface area contributed by atoms with Gasteiger partial charge in [0.15, 0.2) is 5.78 Å². The number of hydrogen-bond acceptors (Lipinski definition) is 3. The summed E-state index contributed by atoms with van der Waals surface area (Å²) in [7, 11) is 0. The van der Waals surface area contributed by atoms with Crippen molar-refractivity contribution in [1.29, 1.82) is 0 Å². The highest BCUT2D eigenvalue weighted by molar-refractivity contribution is 6.04. The summed E-state index contributed by atoms with van der Waals surface area (Å²) in [5.41, 5.74) is 7.77. The summed E-state index contributed by atoms with van der Waals surface area (Å²) in [5.74, 6) is 0.281. The average molecular weight is 340 g/mol. The highest BCUT2D eigenvalue weighted by atomic mass is 16.1. The molecule has 2 aromatic carbocycles. The minimum Gasteiger partial charge on any atom is -0.358 e. The summed E-state index contributed by atoms with van der Waals surface area (Å²) in [6.45, 7) is 2.13. The molecule has 3 heteroatoms. The maximum absolute atomic E-state index is 12.9. The monoisotopic (exact) mass is 340 g/mol. The smallest absolute Gasteiger partial charge is 0.161 e. The number of anilines is 1. The van der Waals surface area contributed by atoms with Gasteiger partial charge in [0.25, 0.3) is 0 Å². The quantitative estimate of drug-likeness (QED) is 0.669. The highest BCUT2D eigenvalue weighted by Crippen LogP contribution is 2.47. The molecule has 2 heterocycles. The third-order valence-electron chi connectivity index (χ3n) is 5.65. The van der Waals surface area contributed by atoms with Crippen molar-refractivity contribution in [3.8, 4) is 0 Å². The first-order valence-corrected chi connectivity index (χ1v) is 9.20. The molecule has 3 nitrogen and oxygen atoms in total. The van der Waals surface area contributed by atoms with Gasteiger partial charge in [-0.1, -0.05) is 30.3 Å². The van der Waals surface area contributed by atoms with E-state index in [1.54, 1.807) is 0 Å². The van der Waals surface area contributed by atoms with Gasteiger partial charge in [0.05, 0.1) is 11.2 Å². The van der Waals surface area contributed by atoms with Crippen molar-refractivity contribution in [3.63, 3.8) is 0 Å². The van der Waals surface area contributed by atoms with Crippen molar-refractivity contribution in [2.45, 2.75) is 32.1 Å². The minimum atomic E-state index is -0.000133. The van der Waals surface area contributed by atoms with Crippen LogP contribution in [-0.4, -0.2) is 10.8 Å². The van der Waals surface area contributed by atoms with Crippen LogP contribution in [0, 0.1) is 6.92 Å². The molecule has 0 spiro atoms. The Hall–Kier alpha value is -2.94. The second-order valence-electron chi connectivity index (χ2n) is 7.18. The van der Waals surface area contributed by atoms with Crippen molar-refractivity contribution in [2.75, 3.05) is 5.32 Å². The van der Waals surface area contributed by atoms with Crippen LogP contribution < -0.4 is 5.32 Å². The van der Waals surface area contributed by atoms with Gasteiger partial charge in [0.1, 0.15) is 0 Å². The van der Waals surface area contributed by atoms with Gasteiger partial charge in [-0.2, -0.15) is 0 Å². The Morgan fingerprint density at radius 1 is 1.00 bits per heavy atom. The zero-order valence-electron chi connectivity index (χ0n) is 14.8. The highest BCUT2D eigenvalue weighted by Gasteiger charge is 2.36. The maximum Gasteiger partial charge on any atom is 0.161 e. The molecular formula is C23H20N2O. The van der Waals surface area contributed by atoms with Crippen molar-refractivity contribution < 1.29 is 4.79 Å². The van der Waals surface area contributed by atoms with Crippen molar-refractivity contribution in [2.24, 2.45) is 0 Å². The SMILES string of the molecule is Cc1ccccc1C1C2=C(CCCC2=O)Nc2c1ccc1ncccc21. The summed E-state index contributed by atoms with van der Waals surface area (Å²) >= 11 is 0. The largest absolute Gasteiger partial charge is 0.358 e. The molecule has 2 aliphatic rings. The van der Waals surface area contributed by atoms with E-state index in [0.717, 1.165) is 40.7 Å². The zero-order valence-corrected chi connectivity index (χ0v) is 14.8. The van der Waals surface area contributed by atoms with E-state index in [2.05, 4.69) is 59.7 Å². The second-order valence-corrected chi connectivity index (χ2v) is 7.18. The number of aromatic nitrogens is 1. The Labute approximate surface area is 152 Å². The Morgan fingerprint density at radius 2 is 1.88 bits per heavy atom. The van der Waals surface area contributed by atoms with Crippen molar-refractivity contribution in [1.82, 2.24) is 4.98 Å². The standard InChI is InChI=1S/C23H20N2O/c1-14-6-2-3-7-15(14)21-17-11-12-18-16(8-5-13-24-18)23(17)25-19-9-4-10-20(26)22(19)21/h2-3,5-8,11-13,21,25H,4,9-10H2,1H3. The van der Waals surface area contributed by atoms with E-state index in [-0.39, 0.29) is 11.7 Å². The first-order valence-electron chi connectivity index (χ1n) is 9.20. The summed E-state index contributed by atoms with van der Waals surface area (Å²) in [4.78, 5) is 17.4. The molecule has 0 saturated carbocycles. The number of nitrogens with one attached hydrogen (secondary N) is 1. The van der Waals surface area contributed by atoms with Crippen LogP contribution in [0.5, 0.6) is 0 Å². The van der Waals surface area contributed by atoms with Crippen LogP contribution in [0.2, 0.25) is 0 Å². The number of hydrogen-bond donors (Lipinski definition) is 1. The fourth-order valence-corrected chi connectivity index (χ4v) is 4.42. The molecule has 0 amide bonds. The molecule has 26 heavy (non-hydrogen) atoms. The first-order chi connectivity index (χ1) is 12.7. The topological polar surface area (TPSA) is 42.0 Å². The summed E-state index contributed by atoms with van der Waals surface area (Å²) in [6, 6.07) is 16.7. The van der Waals surface area contributed by atoms with Crippen LogP contribution in [-0.2, 0) is 4.79 Å². The van der Waals surface area contributed by atoms with Crippen molar-refractivity contribution in [3.05, 3.63) is 82.7 Å². The fraction of sp³-hybridized carbons (Fsp3) is 0.217. The fourth-order valence-electron chi connectivity index (χ4n) is 4.42. The van der Waals surface area contributed by atoms with Gasteiger partial charge in [0.2, 0.25) is 0 Å². The molecule has 0 saturated heterocycles. The van der Waals surface area contributed by atoms with Crippen LogP contribution >= 0.6 is 0 Å². The number of rotatable bonds is 1. The molecule has 0 fully saturated rings. The normalized spacial score (nSPS) is 19.1. The summed E-state index contributed by atoms with van der Waals surface area (Å²) < 4.78 is 0. The molecule has 0 radical (unpaired) electrons. The number of benzene rings is 2. The van der Waals surface area contributed by atoms with E-state index in [0.29, 0.717) is 6.42 Å². The zero-order chi connectivity index (χ0) is 17.7. The molecule has 1 aliphatic heterocycles. The van der Waals surface area contributed by atoms with Crippen LogP contribution in [0.25, 0.3) is 10.9 Å². The lowest BCUT2D eigenvalue weighted by Gasteiger charge is -2.35. The maximum atomic E-state index is 12.9. The number of ketones is 1. The number of nitrogens with zero attached hydrogens (tertiary/aromatic N) is 1. The predicted molar refractivity (Wildman–Crippen MR) is 104 cm³/mol. The summed E-state index contributed by atoms with van der Waals surface area (Å²) in [5, 5.41) is 4.73. The van der Waals surface area contributed by atoms with Crippen molar-refractivity contribution >= 4 is 22.4 Å². The number of aryl methyl sites for hydroxylation is 1. The van der Waals surface area contributed by atoms with Gasteiger partial charge < -0.3 is 5.32 Å². The third-order valence-corrected chi connectivity index (χ3v) is 5.65. The van der Waals surface area contributed by atoms with Crippen LogP contribution in [0.4, 0.5) is 5.69 Å². The number of carbonyl (C=O) groups excluding carboxylic acids is 1. The second kappa shape index (κ2) is 5.80. The molecule has 1 atom stereocenters. The molecule has 1 aliphatic carbocycles. The van der Waals surface area contributed by atoms with Gasteiger partial charge in [-0.3, -0.25) is 9.78 Å². The molecule has 128 valence electrons. The Bertz CT molecular complexity index is 1080. The number of pyridine rings is 1. The van der Waals surface area contributed by atoms with E-state index in [1.165, 1.54) is 16.7 Å². The van der Waals surface area contributed by atoms with Gasteiger partial charge in [-0.25, -0.2) is 0 Å². The number of fused-ring (bicyclic) bond motifs is 3. The Kier molecular flexibility index (Phi) is 3.42. The van der Waals surface area contributed by atoms with Gasteiger partial charge in [-0.05, 0) is 54.7 Å². The number of carbonyl (C=O) groups is 1. The van der Waals surface area contributed by atoms with E-state index >= 15 is 0 Å². The minimum absolute atomic E-state index is 0.000133. The molecule has 5 rings (SSSR count). The molecule has 3 aromatic rings. The average Bonchev–Trinajstić information content (AvgIpc) is 2.67. The number of allylic oxidation sites excluding steroid dienone is 2. The van der Waals surface area contributed by atoms with E-state index in [9.17, 15) is 4.79 Å². The molecule has 1 unspecified atom stereocenters. The van der Waals surface area contributed by atoms with Crippen LogP contribution in [0.15, 0.2) is 66.0 Å². The number of Topliss-reactive ketones (excluding diaryl/α,β-unsaturated/α-hetero) is 1. The molecule has 0 bridgehead atoms. The Morgan fingerprint density at radius 3 is 2.77 bits per heavy atom. The molecular weight excluding hydrogens is 320 g/mol. The molecule has 1 aromatic heterocycles. The summed E-state index contributed by atoms with van der Waals surface area (Å²) in [6.07, 6.45) is 4.32. The lowest BCUT2D eigenvalue weighted by Crippen LogP contribution is -2.27. The van der Waals surface area contributed by atoms with Gasteiger partial charge >= 0.3 is 0 Å². The first kappa shape index (κ1) is 15.3. The van der Waals surface area contributed by atoms with Crippen LogP contribution in [0.3, 0.4) is 0 Å². The van der Waals surface area contributed by atoms with E-state index in [1.807, 2.05) is 12.3 Å². The molecule has 1 N–H and O–H groups in total. The predicted octanol–water partition coefficient (Wildman–Crippen LogP) is 5.11. The van der Waals surface area contributed by atoms with E-state index in [4.69, 9.17) is 0 Å². The van der Waals surface area contributed by atoms with E-state index < -0.39 is 0 Å². The van der Waals surface area contributed by atoms with Gasteiger partial charge in [-0.15, -0.1) is 0 Å². The Balaban J connectivity index is 1.83. The van der Waals surface area contributed by atoms with Gasteiger partial charge in [0, 0.05) is 35.2 Å². The van der Waals surface area contributed by atoms with Crippen LogP contribution in [0.1, 0.15) is 41.9 Å².